The molecule has 0 bridgehead atoms. The minimum atomic E-state index is -0.228. The van der Waals surface area contributed by atoms with Crippen molar-refractivity contribution >= 4 is 40.9 Å². The Labute approximate surface area is 144 Å². The van der Waals surface area contributed by atoms with E-state index in [1.807, 2.05) is 48.5 Å². The van der Waals surface area contributed by atoms with E-state index in [4.69, 9.17) is 28.6 Å². The third-order valence-electron chi connectivity index (χ3n) is 3.26. The fourth-order valence-electron chi connectivity index (χ4n) is 2.09. The number of hydrogen-bond acceptors (Lipinski definition) is 3. The van der Waals surface area contributed by atoms with E-state index in [1.54, 1.807) is 6.08 Å². The molecule has 0 saturated carbocycles. The lowest BCUT2D eigenvalue weighted by atomic mass is 10.2. The summed E-state index contributed by atoms with van der Waals surface area (Å²) >= 11 is 11.0. The zero-order valence-electron chi connectivity index (χ0n) is 12.0. The van der Waals surface area contributed by atoms with Gasteiger partial charge in [0.25, 0.3) is 5.91 Å². The number of halogens is 1. The van der Waals surface area contributed by atoms with E-state index >= 15 is 0 Å². The Morgan fingerprint density at radius 3 is 2.48 bits per heavy atom. The van der Waals surface area contributed by atoms with Crippen LogP contribution in [0.1, 0.15) is 11.1 Å². The minimum absolute atomic E-state index is 0.228. The monoisotopic (exact) mass is 344 g/mol. The van der Waals surface area contributed by atoms with Crippen molar-refractivity contribution in [3.8, 4) is 5.75 Å². The Hall–Kier alpha value is -2.37. The van der Waals surface area contributed by atoms with Crippen molar-refractivity contribution in [2.75, 3.05) is 0 Å². The van der Waals surface area contributed by atoms with Crippen LogP contribution in [0, 0.1) is 0 Å². The Balaban J connectivity index is 1.66. The van der Waals surface area contributed by atoms with Gasteiger partial charge >= 0.3 is 0 Å². The molecule has 1 heterocycles. The Morgan fingerprint density at radius 2 is 1.83 bits per heavy atom. The number of thiocarbonyl (C=S) groups is 1. The van der Waals surface area contributed by atoms with Gasteiger partial charge in [-0.15, -0.1) is 0 Å². The van der Waals surface area contributed by atoms with Crippen LogP contribution in [-0.4, -0.2) is 11.0 Å². The third-order valence-corrected chi connectivity index (χ3v) is 3.84. The summed E-state index contributed by atoms with van der Waals surface area (Å²) in [6.45, 7) is 0.401. The molecule has 6 heteroatoms. The zero-order valence-corrected chi connectivity index (χ0v) is 13.6. The normalized spacial score (nSPS) is 15.4. The molecule has 2 N–H and O–H groups in total. The lowest BCUT2D eigenvalue weighted by Crippen LogP contribution is -2.21. The van der Waals surface area contributed by atoms with Crippen LogP contribution in [0.3, 0.4) is 0 Å². The van der Waals surface area contributed by atoms with Gasteiger partial charge in [-0.1, -0.05) is 41.9 Å². The Bertz CT molecular complexity index is 787. The lowest BCUT2D eigenvalue weighted by Gasteiger charge is -2.08. The van der Waals surface area contributed by atoms with E-state index in [0.717, 1.165) is 16.9 Å². The highest BCUT2D eigenvalue weighted by atomic mass is 35.5. The summed E-state index contributed by atoms with van der Waals surface area (Å²) in [5.41, 5.74) is 2.23. The SMILES string of the molecule is O=C1NC(=S)N/C1=C/c1ccc(OCc2ccccc2Cl)cc1. The van der Waals surface area contributed by atoms with Crippen molar-refractivity contribution in [1.82, 2.24) is 10.6 Å². The predicted octanol–water partition coefficient (Wildman–Crippen LogP) is 3.26. The van der Waals surface area contributed by atoms with Crippen LogP contribution < -0.4 is 15.4 Å². The molecule has 1 aliphatic rings. The smallest absolute Gasteiger partial charge is 0.273 e. The molecule has 0 radical (unpaired) electrons. The van der Waals surface area contributed by atoms with Crippen LogP contribution in [0.4, 0.5) is 0 Å². The molecule has 2 aromatic carbocycles. The molecular formula is C17H13ClN2O2S. The number of carbonyl (C=O) groups excluding carboxylic acids is 1. The molecular weight excluding hydrogens is 332 g/mol. The van der Waals surface area contributed by atoms with Crippen molar-refractivity contribution in [3.63, 3.8) is 0 Å². The molecule has 116 valence electrons. The first kappa shape index (κ1) is 15.5. The summed E-state index contributed by atoms with van der Waals surface area (Å²) in [6.07, 6.45) is 1.73. The molecule has 1 saturated heterocycles. The fourth-order valence-corrected chi connectivity index (χ4v) is 2.48. The van der Waals surface area contributed by atoms with Crippen LogP contribution in [-0.2, 0) is 11.4 Å². The van der Waals surface area contributed by atoms with Gasteiger partial charge < -0.3 is 10.1 Å². The average Bonchev–Trinajstić information content (AvgIpc) is 2.85. The van der Waals surface area contributed by atoms with Gasteiger partial charge in [0.2, 0.25) is 0 Å². The molecule has 0 aromatic heterocycles. The van der Waals surface area contributed by atoms with Gasteiger partial charge in [0, 0.05) is 10.6 Å². The summed E-state index contributed by atoms with van der Waals surface area (Å²) in [6, 6.07) is 15.0. The molecule has 0 atom stereocenters. The molecule has 4 nitrogen and oxygen atoms in total. The highest BCUT2D eigenvalue weighted by molar-refractivity contribution is 7.80. The number of ether oxygens (including phenoxy) is 1. The van der Waals surface area contributed by atoms with Crippen LogP contribution in [0.15, 0.2) is 54.2 Å². The van der Waals surface area contributed by atoms with E-state index in [-0.39, 0.29) is 5.91 Å². The van der Waals surface area contributed by atoms with E-state index in [2.05, 4.69) is 10.6 Å². The first-order valence-electron chi connectivity index (χ1n) is 6.92. The van der Waals surface area contributed by atoms with E-state index in [0.29, 0.717) is 22.4 Å². The topological polar surface area (TPSA) is 50.4 Å². The molecule has 1 fully saturated rings. The maximum absolute atomic E-state index is 11.6. The third kappa shape index (κ3) is 3.88. The second kappa shape index (κ2) is 6.81. The maximum atomic E-state index is 11.6. The van der Waals surface area contributed by atoms with Crippen molar-refractivity contribution in [1.29, 1.82) is 0 Å². The second-order valence-corrected chi connectivity index (χ2v) is 5.73. The lowest BCUT2D eigenvalue weighted by molar-refractivity contribution is -0.115. The van der Waals surface area contributed by atoms with Gasteiger partial charge in [0.15, 0.2) is 5.11 Å². The summed E-state index contributed by atoms with van der Waals surface area (Å²) in [4.78, 5) is 11.6. The number of hydrogen-bond donors (Lipinski definition) is 2. The second-order valence-electron chi connectivity index (χ2n) is 4.92. The minimum Gasteiger partial charge on any atom is -0.489 e. The van der Waals surface area contributed by atoms with Gasteiger partial charge in [-0.05, 0) is 42.1 Å². The van der Waals surface area contributed by atoms with Crippen LogP contribution in [0.2, 0.25) is 5.02 Å². The molecule has 1 amide bonds. The molecule has 0 unspecified atom stereocenters. The quantitative estimate of drug-likeness (QED) is 0.660. The van der Waals surface area contributed by atoms with E-state index in [1.165, 1.54) is 0 Å². The fraction of sp³-hybridized carbons (Fsp3) is 0.0588. The number of benzene rings is 2. The first-order valence-corrected chi connectivity index (χ1v) is 7.71. The summed E-state index contributed by atoms with van der Waals surface area (Å²) in [5.74, 6) is 0.500. The molecule has 3 rings (SSSR count). The highest BCUT2D eigenvalue weighted by Crippen LogP contribution is 2.19. The van der Waals surface area contributed by atoms with Gasteiger partial charge in [0.1, 0.15) is 18.1 Å². The predicted molar refractivity (Wildman–Crippen MR) is 94.1 cm³/mol. The number of carbonyl (C=O) groups is 1. The largest absolute Gasteiger partial charge is 0.489 e. The first-order chi connectivity index (χ1) is 11.1. The molecule has 0 spiro atoms. The summed E-state index contributed by atoms with van der Waals surface area (Å²) in [7, 11) is 0. The van der Waals surface area contributed by atoms with Crippen LogP contribution >= 0.6 is 23.8 Å². The maximum Gasteiger partial charge on any atom is 0.273 e. The van der Waals surface area contributed by atoms with Gasteiger partial charge in [-0.25, -0.2) is 0 Å². The number of amides is 1. The Kier molecular flexibility index (Phi) is 4.60. The summed E-state index contributed by atoms with van der Waals surface area (Å²) < 4.78 is 5.72. The Morgan fingerprint density at radius 1 is 1.09 bits per heavy atom. The van der Waals surface area contributed by atoms with Gasteiger partial charge in [-0.3, -0.25) is 10.1 Å². The standard InChI is InChI=1S/C17H13ClN2O2S/c18-14-4-2-1-3-12(14)10-22-13-7-5-11(6-8-13)9-15-16(21)20-17(23)19-15/h1-9H,10H2,(H2,19,20,21,23)/b15-9+. The van der Waals surface area contributed by atoms with Crippen molar-refractivity contribution in [2.24, 2.45) is 0 Å². The highest BCUT2D eigenvalue weighted by Gasteiger charge is 2.19. The molecule has 2 aromatic rings. The van der Waals surface area contributed by atoms with E-state index in [9.17, 15) is 4.79 Å². The average molecular weight is 345 g/mol. The van der Waals surface area contributed by atoms with Crippen molar-refractivity contribution in [2.45, 2.75) is 6.61 Å². The van der Waals surface area contributed by atoms with E-state index < -0.39 is 0 Å². The summed E-state index contributed by atoms with van der Waals surface area (Å²) in [5, 5.41) is 6.33. The zero-order chi connectivity index (χ0) is 16.2. The van der Waals surface area contributed by atoms with Crippen molar-refractivity contribution < 1.29 is 9.53 Å². The van der Waals surface area contributed by atoms with Crippen LogP contribution in [0.5, 0.6) is 5.75 Å². The van der Waals surface area contributed by atoms with Gasteiger partial charge in [-0.2, -0.15) is 0 Å². The van der Waals surface area contributed by atoms with Crippen LogP contribution in [0.25, 0.3) is 6.08 Å². The molecule has 23 heavy (non-hydrogen) atoms. The number of nitrogens with one attached hydrogen (secondary N) is 2. The van der Waals surface area contributed by atoms with Gasteiger partial charge in [0.05, 0.1) is 0 Å². The molecule has 0 aliphatic carbocycles. The van der Waals surface area contributed by atoms with Crippen molar-refractivity contribution in [3.05, 3.63) is 70.4 Å². The molecule has 1 aliphatic heterocycles. The number of rotatable bonds is 4.